The number of rotatable bonds is 10. The molecule has 4 rings (SSSR count). The molecule has 0 bridgehead atoms. The fourth-order valence-corrected chi connectivity index (χ4v) is 5.27. The minimum Gasteiger partial charge on any atom is -0.347 e. The van der Waals surface area contributed by atoms with Crippen LogP contribution in [0.25, 0.3) is 5.70 Å². The number of nitrogens with zero attached hydrogens (tertiary/aromatic N) is 1. The van der Waals surface area contributed by atoms with Gasteiger partial charge in [-0.15, -0.1) is 0 Å². The van der Waals surface area contributed by atoms with Crippen LogP contribution in [0.4, 0.5) is 0 Å². The zero-order valence-electron chi connectivity index (χ0n) is 24.4. The maximum atomic E-state index is 14.0. The summed E-state index contributed by atoms with van der Waals surface area (Å²) in [6.45, 7) is 8.76. The Morgan fingerprint density at radius 3 is 2.37 bits per heavy atom. The Balaban J connectivity index is 1.62. The van der Waals surface area contributed by atoms with Gasteiger partial charge in [-0.25, -0.2) is 0 Å². The molecule has 0 aromatic heterocycles. The van der Waals surface area contributed by atoms with Gasteiger partial charge in [0.1, 0.15) is 17.7 Å². The van der Waals surface area contributed by atoms with E-state index in [0.717, 1.165) is 18.4 Å². The summed E-state index contributed by atoms with van der Waals surface area (Å²) in [7, 11) is 0. The van der Waals surface area contributed by atoms with Gasteiger partial charge >= 0.3 is 0 Å². The van der Waals surface area contributed by atoms with E-state index in [1.54, 1.807) is 0 Å². The monoisotopic (exact) mass is 567 g/mol. The highest BCUT2D eigenvalue weighted by atomic mass is 16.7. The average molecular weight is 568 g/mol. The Hall–Kier alpha value is -3.73. The maximum absolute atomic E-state index is 14.0. The van der Waals surface area contributed by atoms with Gasteiger partial charge in [-0.3, -0.25) is 34.3 Å². The standard InChI is InChI=1S/C30H41N5O6/c1-6-10-21(24(37)27(39)32-20-13-14-20)33-26(38)23-16-30(15-22(34-41-30)19-11-8-7-9-12-19)17-35(23)28(40)25(29(3,4)5)31-18(2)36/h7-9,11-12,15,20-21,23,25,34H,6,10,13-14,16-17H2,1-5H3,(H,31,36)(H,32,39)(H,33,38)/t21-,23-,25+,30-/m0/s1. The molecule has 4 N–H and O–H groups in total. The number of likely N-dealkylation sites (tertiary alicyclic amines) is 1. The summed E-state index contributed by atoms with van der Waals surface area (Å²) in [5.41, 5.74) is 2.88. The van der Waals surface area contributed by atoms with Crippen molar-refractivity contribution in [3.05, 3.63) is 42.0 Å². The van der Waals surface area contributed by atoms with Crippen LogP contribution in [0.1, 0.15) is 72.3 Å². The van der Waals surface area contributed by atoms with E-state index in [-0.39, 0.29) is 31.3 Å². The van der Waals surface area contributed by atoms with Crippen LogP contribution in [0.15, 0.2) is 36.4 Å². The highest BCUT2D eigenvalue weighted by Gasteiger charge is 2.53. The molecule has 1 saturated carbocycles. The summed E-state index contributed by atoms with van der Waals surface area (Å²) >= 11 is 0. The van der Waals surface area contributed by atoms with E-state index in [4.69, 9.17) is 4.84 Å². The molecule has 2 fully saturated rings. The fraction of sp³-hybridized carbons (Fsp3) is 0.567. The van der Waals surface area contributed by atoms with Crippen molar-refractivity contribution in [1.29, 1.82) is 0 Å². The fourth-order valence-electron chi connectivity index (χ4n) is 5.27. The van der Waals surface area contributed by atoms with E-state index in [9.17, 15) is 24.0 Å². The quantitative estimate of drug-likeness (QED) is 0.314. The minimum atomic E-state index is -1.02. The number of hydroxylamine groups is 1. The summed E-state index contributed by atoms with van der Waals surface area (Å²) < 4.78 is 0. The van der Waals surface area contributed by atoms with E-state index >= 15 is 0 Å². The number of Topliss-reactive ketones (excluding diaryl/α,β-unsaturated/α-hetero) is 1. The first-order valence-electron chi connectivity index (χ1n) is 14.3. The highest BCUT2D eigenvalue weighted by molar-refractivity contribution is 6.38. The van der Waals surface area contributed by atoms with Crippen molar-refractivity contribution >= 4 is 35.1 Å². The van der Waals surface area contributed by atoms with Crippen molar-refractivity contribution in [1.82, 2.24) is 26.3 Å². The highest BCUT2D eigenvalue weighted by Crippen LogP contribution is 2.38. The molecule has 4 atom stereocenters. The third kappa shape index (κ3) is 7.13. The number of benzene rings is 1. The number of carbonyl (C=O) groups is 5. The lowest BCUT2D eigenvalue weighted by molar-refractivity contribution is -0.145. The second kappa shape index (κ2) is 12.0. The van der Waals surface area contributed by atoms with Crippen LogP contribution in [-0.2, 0) is 28.8 Å². The third-order valence-electron chi connectivity index (χ3n) is 7.60. The first-order chi connectivity index (χ1) is 19.3. The lowest BCUT2D eigenvalue weighted by Crippen LogP contribution is -2.59. The Kier molecular flexibility index (Phi) is 8.86. The molecule has 0 radical (unpaired) electrons. The van der Waals surface area contributed by atoms with Crippen LogP contribution in [0.2, 0.25) is 0 Å². The van der Waals surface area contributed by atoms with E-state index < -0.39 is 52.6 Å². The summed E-state index contributed by atoms with van der Waals surface area (Å²) in [5, 5.41) is 8.20. The Bertz CT molecular complexity index is 1220. The molecule has 1 spiro atoms. The van der Waals surface area contributed by atoms with E-state index in [2.05, 4.69) is 21.4 Å². The SMILES string of the molecule is CCC[C@H](NC(=O)[C@@H]1C[C@@]2(C=C(c3ccccc3)NO2)CN1C(=O)[C@@H](NC(C)=O)C(C)(C)C)C(=O)C(=O)NC1CC1. The number of amides is 4. The smallest absolute Gasteiger partial charge is 0.289 e. The number of nitrogens with one attached hydrogen (secondary N) is 4. The van der Waals surface area contributed by atoms with Crippen molar-refractivity contribution in [3.63, 3.8) is 0 Å². The Labute approximate surface area is 240 Å². The number of ketones is 1. The molecule has 4 amide bonds. The van der Waals surface area contributed by atoms with Crippen LogP contribution >= 0.6 is 0 Å². The number of hydrogen-bond acceptors (Lipinski definition) is 7. The van der Waals surface area contributed by atoms with Crippen LogP contribution in [0, 0.1) is 5.41 Å². The molecule has 222 valence electrons. The van der Waals surface area contributed by atoms with Gasteiger partial charge in [0.15, 0.2) is 0 Å². The zero-order valence-corrected chi connectivity index (χ0v) is 24.4. The molecule has 1 aromatic rings. The van der Waals surface area contributed by atoms with Gasteiger partial charge in [0.2, 0.25) is 23.5 Å². The van der Waals surface area contributed by atoms with Crippen molar-refractivity contribution in [2.75, 3.05) is 6.54 Å². The summed E-state index contributed by atoms with van der Waals surface area (Å²) in [6.07, 6.45) is 4.50. The molecule has 3 aliphatic rings. The molecular formula is C30H41N5O6. The number of hydrogen-bond donors (Lipinski definition) is 4. The second-order valence-electron chi connectivity index (χ2n) is 12.3. The average Bonchev–Trinajstić information content (AvgIpc) is 3.51. The molecule has 1 aromatic carbocycles. The summed E-state index contributed by atoms with van der Waals surface area (Å²) in [4.78, 5) is 72.8. The van der Waals surface area contributed by atoms with Crippen LogP contribution in [0.3, 0.4) is 0 Å². The van der Waals surface area contributed by atoms with Crippen molar-refractivity contribution in [2.45, 2.75) is 96.5 Å². The van der Waals surface area contributed by atoms with E-state index in [0.29, 0.717) is 12.1 Å². The van der Waals surface area contributed by atoms with Gasteiger partial charge in [0, 0.05) is 19.4 Å². The predicted octanol–water partition coefficient (Wildman–Crippen LogP) is 1.59. The number of carbonyl (C=O) groups excluding carboxylic acids is 5. The van der Waals surface area contributed by atoms with Crippen LogP contribution in [-0.4, -0.2) is 70.6 Å². The first-order valence-corrected chi connectivity index (χ1v) is 14.3. The Morgan fingerprint density at radius 2 is 1.78 bits per heavy atom. The molecule has 41 heavy (non-hydrogen) atoms. The van der Waals surface area contributed by atoms with Crippen molar-refractivity contribution < 1.29 is 28.8 Å². The molecule has 2 aliphatic heterocycles. The summed E-state index contributed by atoms with van der Waals surface area (Å²) in [5.74, 6) is -2.76. The van der Waals surface area contributed by atoms with Gasteiger partial charge in [0.05, 0.1) is 18.3 Å². The lowest BCUT2D eigenvalue weighted by Gasteiger charge is -2.35. The second-order valence-corrected chi connectivity index (χ2v) is 12.3. The molecule has 0 unspecified atom stereocenters. The first kappa shape index (κ1) is 30.2. The largest absolute Gasteiger partial charge is 0.347 e. The topological polar surface area (TPSA) is 146 Å². The summed E-state index contributed by atoms with van der Waals surface area (Å²) in [6, 6.07) is 6.61. The maximum Gasteiger partial charge on any atom is 0.289 e. The molecule has 2 heterocycles. The third-order valence-corrected chi connectivity index (χ3v) is 7.60. The molecule has 11 heteroatoms. The Morgan fingerprint density at radius 1 is 1.10 bits per heavy atom. The normalized spacial score (nSPS) is 23.3. The lowest BCUT2D eigenvalue weighted by atomic mass is 9.85. The minimum absolute atomic E-state index is 0.00736. The van der Waals surface area contributed by atoms with Gasteiger partial charge < -0.3 is 20.9 Å². The van der Waals surface area contributed by atoms with Crippen LogP contribution < -0.4 is 21.4 Å². The van der Waals surface area contributed by atoms with Gasteiger partial charge in [-0.05, 0) is 36.3 Å². The van der Waals surface area contributed by atoms with E-state index in [1.807, 2.05) is 64.1 Å². The molecule has 1 aliphatic carbocycles. The molecule has 11 nitrogen and oxygen atoms in total. The van der Waals surface area contributed by atoms with Crippen molar-refractivity contribution in [2.24, 2.45) is 5.41 Å². The van der Waals surface area contributed by atoms with Crippen molar-refractivity contribution in [3.8, 4) is 0 Å². The predicted molar refractivity (Wildman–Crippen MR) is 152 cm³/mol. The molecule has 1 saturated heterocycles. The molecular weight excluding hydrogens is 526 g/mol. The van der Waals surface area contributed by atoms with Gasteiger partial charge in [-0.2, -0.15) is 0 Å². The zero-order chi connectivity index (χ0) is 29.9. The van der Waals surface area contributed by atoms with E-state index in [1.165, 1.54) is 11.8 Å². The van der Waals surface area contributed by atoms with Gasteiger partial charge in [0.25, 0.3) is 5.91 Å². The van der Waals surface area contributed by atoms with Gasteiger partial charge in [-0.1, -0.05) is 64.4 Å². The van der Waals surface area contributed by atoms with Crippen LogP contribution in [0.5, 0.6) is 0 Å².